The molecule has 2 rings (SSSR count). The van der Waals surface area contributed by atoms with Gasteiger partial charge in [-0.15, -0.1) is 0 Å². The fourth-order valence-corrected chi connectivity index (χ4v) is 1.65. The normalized spacial score (nSPS) is 11.1. The number of ether oxygens (including phenoxy) is 1. The van der Waals surface area contributed by atoms with Crippen molar-refractivity contribution < 1.29 is 14.6 Å². The van der Waals surface area contributed by atoms with Crippen LogP contribution in [0.3, 0.4) is 0 Å². The number of aliphatic hydroxyl groups is 1. The molecule has 0 bridgehead atoms. The number of benzene rings is 2. The summed E-state index contributed by atoms with van der Waals surface area (Å²) in [6.07, 6.45) is 0. The first-order valence-corrected chi connectivity index (χ1v) is 6.07. The summed E-state index contributed by atoms with van der Waals surface area (Å²) in [4.78, 5) is 11.8. The van der Waals surface area contributed by atoms with Crippen molar-refractivity contribution in [2.45, 2.75) is 19.4 Å². The molecule has 0 radical (unpaired) electrons. The van der Waals surface area contributed by atoms with Crippen molar-refractivity contribution in [2.75, 3.05) is 0 Å². The third-order valence-corrected chi connectivity index (χ3v) is 2.65. The number of carbonyl (C=O) groups excluding carboxylic acids is 1. The summed E-state index contributed by atoms with van der Waals surface area (Å²) in [6, 6.07) is 16.1. The topological polar surface area (TPSA) is 46.5 Å². The van der Waals surface area contributed by atoms with E-state index in [1.54, 1.807) is 24.3 Å². The highest BCUT2D eigenvalue weighted by Crippen LogP contribution is 2.22. The zero-order valence-electron chi connectivity index (χ0n) is 11.0. The quantitative estimate of drug-likeness (QED) is 0.852. The molecular weight excluding hydrogens is 240 g/mol. The molecule has 3 heteroatoms. The molecule has 1 N–H and O–H groups in total. The number of hydrogen-bond donors (Lipinski definition) is 1. The number of hydrogen-bond acceptors (Lipinski definition) is 3. The van der Waals surface area contributed by atoms with Crippen molar-refractivity contribution in [3.63, 3.8) is 0 Å². The fraction of sp³-hybridized carbons (Fsp3) is 0.188. The van der Waals surface area contributed by atoms with E-state index < -0.39 is 5.60 Å². The molecule has 0 saturated carbocycles. The van der Waals surface area contributed by atoms with Crippen LogP contribution in [-0.2, 0) is 0 Å². The third-order valence-electron chi connectivity index (χ3n) is 2.65. The molecule has 0 amide bonds. The Morgan fingerprint density at radius 2 is 1.47 bits per heavy atom. The van der Waals surface area contributed by atoms with Gasteiger partial charge in [0.15, 0.2) is 5.78 Å². The van der Waals surface area contributed by atoms with Crippen LogP contribution >= 0.6 is 0 Å². The van der Waals surface area contributed by atoms with Gasteiger partial charge in [-0.1, -0.05) is 18.2 Å². The molecule has 98 valence electrons. The largest absolute Gasteiger partial charge is 0.457 e. The molecule has 0 heterocycles. The van der Waals surface area contributed by atoms with Crippen molar-refractivity contribution in [2.24, 2.45) is 0 Å². The standard InChI is InChI=1S/C16H16O3/c1-16(2,18)15(17)12-8-10-14(11-9-12)19-13-6-4-3-5-7-13/h3-11,18H,1-2H3. The highest BCUT2D eigenvalue weighted by Gasteiger charge is 2.24. The lowest BCUT2D eigenvalue weighted by Crippen LogP contribution is -2.30. The van der Waals surface area contributed by atoms with Gasteiger partial charge in [-0.05, 0) is 50.2 Å². The van der Waals surface area contributed by atoms with Crippen LogP contribution < -0.4 is 4.74 Å². The van der Waals surface area contributed by atoms with Crippen LogP contribution in [0.1, 0.15) is 24.2 Å². The predicted molar refractivity (Wildman–Crippen MR) is 73.6 cm³/mol. The van der Waals surface area contributed by atoms with E-state index in [1.165, 1.54) is 13.8 Å². The van der Waals surface area contributed by atoms with E-state index in [-0.39, 0.29) is 5.78 Å². The van der Waals surface area contributed by atoms with Crippen LogP contribution in [0.25, 0.3) is 0 Å². The molecule has 0 fully saturated rings. The average molecular weight is 256 g/mol. The first kappa shape index (κ1) is 13.3. The predicted octanol–water partition coefficient (Wildman–Crippen LogP) is 3.43. The van der Waals surface area contributed by atoms with Gasteiger partial charge in [0.1, 0.15) is 17.1 Å². The molecule has 3 nitrogen and oxygen atoms in total. The van der Waals surface area contributed by atoms with Crippen molar-refractivity contribution in [3.8, 4) is 11.5 Å². The minimum atomic E-state index is -1.36. The Labute approximate surface area is 112 Å². The Morgan fingerprint density at radius 3 is 2.00 bits per heavy atom. The van der Waals surface area contributed by atoms with Crippen molar-refractivity contribution in [1.29, 1.82) is 0 Å². The maximum Gasteiger partial charge on any atom is 0.193 e. The molecule has 2 aromatic carbocycles. The second-order valence-corrected chi connectivity index (χ2v) is 4.83. The van der Waals surface area contributed by atoms with Gasteiger partial charge in [-0.25, -0.2) is 0 Å². The Kier molecular flexibility index (Phi) is 3.67. The van der Waals surface area contributed by atoms with Crippen molar-refractivity contribution in [3.05, 3.63) is 60.2 Å². The van der Waals surface area contributed by atoms with Crippen LogP contribution in [0.4, 0.5) is 0 Å². The summed E-state index contributed by atoms with van der Waals surface area (Å²) in [5, 5.41) is 9.66. The average Bonchev–Trinajstić information content (AvgIpc) is 2.39. The summed E-state index contributed by atoms with van der Waals surface area (Å²) in [5.74, 6) is 1.08. The zero-order chi connectivity index (χ0) is 13.9. The molecule has 0 spiro atoms. The van der Waals surface area contributed by atoms with Crippen LogP contribution in [0.5, 0.6) is 11.5 Å². The van der Waals surface area contributed by atoms with E-state index in [0.717, 1.165) is 5.75 Å². The maximum atomic E-state index is 11.8. The first-order valence-electron chi connectivity index (χ1n) is 6.07. The maximum absolute atomic E-state index is 11.8. The first-order chi connectivity index (χ1) is 8.97. The Morgan fingerprint density at radius 1 is 0.947 bits per heavy atom. The Balaban J connectivity index is 2.13. The third kappa shape index (κ3) is 3.42. The lowest BCUT2D eigenvalue weighted by molar-refractivity contribution is 0.0488. The van der Waals surface area contributed by atoms with Crippen molar-refractivity contribution >= 4 is 5.78 Å². The van der Waals surface area contributed by atoms with Gasteiger partial charge < -0.3 is 9.84 Å². The SMILES string of the molecule is CC(C)(O)C(=O)c1ccc(Oc2ccccc2)cc1. The molecule has 0 unspecified atom stereocenters. The molecule has 0 aromatic heterocycles. The van der Waals surface area contributed by atoms with Gasteiger partial charge in [0.05, 0.1) is 0 Å². The molecule has 0 saturated heterocycles. The minimum absolute atomic E-state index is 0.307. The van der Waals surface area contributed by atoms with Crippen LogP contribution in [0.15, 0.2) is 54.6 Å². The van der Waals surface area contributed by atoms with E-state index in [1.807, 2.05) is 30.3 Å². The van der Waals surface area contributed by atoms with Crippen LogP contribution in [0, 0.1) is 0 Å². The molecule has 19 heavy (non-hydrogen) atoms. The highest BCUT2D eigenvalue weighted by atomic mass is 16.5. The summed E-state index contributed by atoms with van der Waals surface area (Å²) in [5.41, 5.74) is -0.894. The van der Waals surface area contributed by atoms with Gasteiger partial charge in [-0.3, -0.25) is 4.79 Å². The fourth-order valence-electron chi connectivity index (χ4n) is 1.65. The number of ketones is 1. The minimum Gasteiger partial charge on any atom is -0.457 e. The van der Waals surface area contributed by atoms with E-state index in [2.05, 4.69) is 0 Å². The molecule has 0 aliphatic rings. The van der Waals surface area contributed by atoms with E-state index in [9.17, 15) is 9.90 Å². The van der Waals surface area contributed by atoms with Crippen molar-refractivity contribution in [1.82, 2.24) is 0 Å². The van der Waals surface area contributed by atoms with Crippen LogP contribution in [0.2, 0.25) is 0 Å². The zero-order valence-corrected chi connectivity index (χ0v) is 11.0. The molecule has 0 aliphatic heterocycles. The molecular formula is C16H16O3. The van der Waals surface area contributed by atoms with Gasteiger partial charge in [0, 0.05) is 5.56 Å². The van der Waals surface area contributed by atoms with E-state index in [0.29, 0.717) is 11.3 Å². The Hall–Kier alpha value is -2.13. The Bertz CT molecular complexity index is 551. The van der Waals surface area contributed by atoms with Gasteiger partial charge in [-0.2, -0.15) is 0 Å². The summed E-state index contributed by atoms with van der Waals surface area (Å²) in [6.45, 7) is 2.95. The monoisotopic (exact) mass is 256 g/mol. The van der Waals surface area contributed by atoms with E-state index in [4.69, 9.17) is 4.74 Å². The highest BCUT2D eigenvalue weighted by molar-refractivity contribution is 6.01. The second kappa shape index (κ2) is 5.24. The van der Waals surface area contributed by atoms with Gasteiger partial charge >= 0.3 is 0 Å². The van der Waals surface area contributed by atoms with E-state index >= 15 is 0 Å². The van der Waals surface area contributed by atoms with Crippen LogP contribution in [-0.4, -0.2) is 16.5 Å². The summed E-state index contributed by atoms with van der Waals surface area (Å²) in [7, 11) is 0. The molecule has 0 atom stereocenters. The smallest absolute Gasteiger partial charge is 0.193 e. The lowest BCUT2D eigenvalue weighted by atomic mass is 9.97. The summed E-state index contributed by atoms with van der Waals surface area (Å²) < 4.78 is 5.62. The summed E-state index contributed by atoms with van der Waals surface area (Å²) >= 11 is 0. The number of Topliss-reactive ketones (excluding diaryl/α,β-unsaturated/α-hetero) is 1. The lowest BCUT2D eigenvalue weighted by Gasteiger charge is -2.15. The second-order valence-electron chi connectivity index (χ2n) is 4.83. The van der Waals surface area contributed by atoms with Gasteiger partial charge in [0.25, 0.3) is 0 Å². The van der Waals surface area contributed by atoms with Gasteiger partial charge in [0.2, 0.25) is 0 Å². The molecule has 2 aromatic rings. The molecule has 0 aliphatic carbocycles. The number of carbonyl (C=O) groups is 1. The number of para-hydroxylation sites is 1. The number of rotatable bonds is 4.